The molecule has 0 radical (unpaired) electrons. The fourth-order valence-corrected chi connectivity index (χ4v) is 2.88. The van der Waals surface area contributed by atoms with Crippen molar-refractivity contribution < 1.29 is 9.59 Å². The van der Waals surface area contributed by atoms with E-state index < -0.39 is 29.6 Å². The van der Waals surface area contributed by atoms with Gasteiger partial charge in [-0.3, -0.25) is 19.0 Å². The average Bonchev–Trinajstić information content (AvgIpc) is 3.05. The van der Waals surface area contributed by atoms with Crippen LogP contribution in [-0.2, 0) is 30.2 Å². The molecule has 0 saturated heterocycles. The van der Waals surface area contributed by atoms with E-state index in [4.69, 9.17) is 0 Å². The molecule has 3 heterocycles. The minimum atomic E-state index is -0.656. The molecule has 0 atom stereocenters. The lowest BCUT2D eigenvalue weighted by atomic mass is 10.3. The van der Waals surface area contributed by atoms with E-state index in [1.165, 1.54) is 29.6 Å². The van der Waals surface area contributed by atoms with Crippen LogP contribution in [0, 0.1) is 6.92 Å². The van der Waals surface area contributed by atoms with Crippen LogP contribution in [0.3, 0.4) is 0 Å². The molecule has 0 aromatic carbocycles. The second kappa shape index (κ2) is 7.70. The van der Waals surface area contributed by atoms with Crippen LogP contribution in [0.4, 0.5) is 5.82 Å². The molecule has 0 saturated carbocycles. The Labute approximate surface area is 165 Å². The van der Waals surface area contributed by atoms with Gasteiger partial charge in [0.25, 0.3) is 5.56 Å². The molecule has 0 bridgehead atoms. The van der Waals surface area contributed by atoms with E-state index in [-0.39, 0.29) is 17.7 Å². The maximum atomic E-state index is 12.7. The molecule has 0 aliphatic carbocycles. The lowest BCUT2D eigenvalue weighted by molar-refractivity contribution is -0.133. The van der Waals surface area contributed by atoms with Crippen LogP contribution in [0.15, 0.2) is 34.2 Å². The van der Waals surface area contributed by atoms with Gasteiger partial charge in [-0.2, -0.15) is 0 Å². The molecular weight excluding hydrogens is 378 g/mol. The summed E-state index contributed by atoms with van der Waals surface area (Å²) in [4.78, 5) is 59.1. The number of aryl methyl sites for hydroxylation is 3. The van der Waals surface area contributed by atoms with Crippen LogP contribution in [0.1, 0.15) is 5.56 Å². The Morgan fingerprint density at radius 1 is 1.21 bits per heavy atom. The molecule has 3 rings (SSSR count). The lowest BCUT2D eigenvalue weighted by Crippen LogP contribution is -2.45. The fourth-order valence-electron chi connectivity index (χ4n) is 2.88. The van der Waals surface area contributed by atoms with E-state index in [1.54, 1.807) is 25.4 Å². The zero-order chi connectivity index (χ0) is 21.3. The topological polar surface area (TPSA) is 124 Å². The molecule has 0 aliphatic rings. The second-order valence-corrected chi connectivity index (χ2v) is 6.78. The van der Waals surface area contributed by atoms with Crippen LogP contribution in [0.25, 0.3) is 11.2 Å². The highest BCUT2D eigenvalue weighted by Crippen LogP contribution is 2.05. The van der Waals surface area contributed by atoms with Crippen LogP contribution >= 0.6 is 0 Å². The van der Waals surface area contributed by atoms with E-state index in [2.05, 4.69) is 15.3 Å². The van der Waals surface area contributed by atoms with Gasteiger partial charge in [0.1, 0.15) is 12.4 Å². The Kier molecular flexibility index (Phi) is 5.31. The number of carbonyl (C=O) groups excluding carboxylic acids is 2. The largest absolute Gasteiger partial charge is 0.335 e. The normalized spacial score (nSPS) is 10.9. The van der Waals surface area contributed by atoms with Crippen LogP contribution in [-0.4, -0.2) is 54.0 Å². The minimum absolute atomic E-state index is 0.214. The van der Waals surface area contributed by atoms with Crippen molar-refractivity contribution in [2.75, 3.05) is 18.9 Å². The smallest absolute Gasteiger partial charge is 0.332 e. The number of imidazole rings is 1. The van der Waals surface area contributed by atoms with Crippen molar-refractivity contribution in [1.82, 2.24) is 28.6 Å². The van der Waals surface area contributed by atoms with Crippen molar-refractivity contribution in [1.29, 1.82) is 0 Å². The summed E-state index contributed by atoms with van der Waals surface area (Å²) < 4.78 is 3.53. The van der Waals surface area contributed by atoms with Crippen molar-refractivity contribution in [3.63, 3.8) is 0 Å². The summed E-state index contributed by atoms with van der Waals surface area (Å²) in [5.41, 5.74) is 0.116. The first-order valence-electron chi connectivity index (χ1n) is 8.76. The molecule has 0 unspecified atom stereocenters. The SMILES string of the molecule is Cc1ccnc(NC(=O)CN(C)C(=O)Cn2c(=O)c3c(ncn3C)n(C)c2=O)c1. The van der Waals surface area contributed by atoms with Gasteiger partial charge >= 0.3 is 5.69 Å². The fraction of sp³-hybridized carbons (Fsp3) is 0.333. The van der Waals surface area contributed by atoms with Gasteiger partial charge in [-0.1, -0.05) is 0 Å². The van der Waals surface area contributed by atoms with E-state index >= 15 is 0 Å². The number of aromatic nitrogens is 5. The Balaban J connectivity index is 1.76. The first-order valence-corrected chi connectivity index (χ1v) is 8.76. The highest BCUT2D eigenvalue weighted by atomic mass is 16.2. The lowest BCUT2D eigenvalue weighted by Gasteiger charge is -2.17. The summed E-state index contributed by atoms with van der Waals surface area (Å²) >= 11 is 0. The van der Waals surface area contributed by atoms with Gasteiger partial charge in [0.2, 0.25) is 11.8 Å². The number of nitrogens with zero attached hydrogens (tertiary/aromatic N) is 6. The summed E-state index contributed by atoms with van der Waals surface area (Å²) in [6, 6.07) is 3.49. The van der Waals surface area contributed by atoms with E-state index in [1.807, 2.05) is 6.92 Å². The first-order chi connectivity index (χ1) is 13.7. The molecule has 3 aromatic rings. The highest BCUT2D eigenvalue weighted by molar-refractivity contribution is 5.93. The number of fused-ring (bicyclic) bond motifs is 1. The maximum absolute atomic E-state index is 12.7. The van der Waals surface area contributed by atoms with Crippen molar-refractivity contribution in [2.24, 2.45) is 14.1 Å². The highest BCUT2D eigenvalue weighted by Gasteiger charge is 2.20. The molecule has 11 nitrogen and oxygen atoms in total. The Bertz CT molecular complexity index is 1220. The number of amides is 2. The van der Waals surface area contributed by atoms with Gasteiger partial charge < -0.3 is 14.8 Å². The van der Waals surface area contributed by atoms with E-state index in [0.29, 0.717) is 5.82 Å². The number of hydrogen-bond acceptors (Lipinski definition) is 6. The minimum Gasteiger partial charge on any atom is -0.335 e. The molecule has 2 amide bonds. The van der Waals surface area contributed by atoms with Crippen LogP contribution in [0.2, 0.25) is 0 Å². The Hall–Kier alpha value is -3.76. The molecule has 11 heteroatoms. The number of carbonyl (C=O) groups is 2. The van der Waals surface area contributed by atoms with Crippen molar-refractivity contribution in [3.05, 3.63) is 51.1 Å². The van der Waals surface area contributed by atoms with Crippen molar-refractivity contribution in [3.8, 4) is 0 Å². The number of anilines is 1. The van der Waals surface area contributed by atoms with Gasteiger partial charge in [0.15, 0.2) is 11.2 Å². The zero-order valence-electron chi connectivity index (χ0n) is 16.5. The third kappa shape index (κ3) is 3.93. The summed E-state index contributed by atoms with van der Waals surface area (Å²) in [6.07, 6.45) is 2.99. The summed E-state index contributed by atoms with van der Waals surface area (Å²) in [6.45, 7) is 1.13. The third-order valence-electron chi connectivity index (χ3n) is 4.48. The number of nitrogens with one attached hydrogen (secondary N) is 1. The number of hydrogen-bond donors (Lipinski definition) is 1. The monoisotopic (exact) mass is 399 g/mol. The molecule has 0 fully saturated rings. The summed E-state index contributed by atoms with van der Waals surface area (Å²) in [5.74, 6) is -0.623. The van der Waals surface area contributed by atoms with Crippen molar-refractivity contribution >= 4 is 28.8 Å². The molecule has 152 valence electrons. The Morgan fingerprint density at radius 3 is 2.62 bits per heavy atom. The molecule has 0 aliphatic heterocycles. The standard InChI is InChI=1S/C18H21N7O4/c1-11-5-6-19-12(7-11)21-13(26)8-22(2)14(27)9-25-17(28)15-16(20-10-23(15)3)24(4)18(25)29/h5-7,10H,8-9H2,1-4H3,(H,19,21,26). The van der Waals surface area contributed by atoms with Gasteiger partial charge in [-0.25, -0.2) is 19.3 Å². The second-order valence-electron chi connectivity index (χ2n) is 6.78. The first kappa shape index (κ1) is 20.0. The van der Waals surface area contributed by atoms with Gasteiger partial charge in [0.05, 0.1) is 12.9 Å². The summed E-state index contributed by atoms with van der Waals surface area (Å²) in [7, 11) is 4.52. The molecule has 1 N–H and O–H groups in total. The predicted molar refractivity (Wildman–Crippen MR) is 105 cm³/mol. The molecule has 29 heavy (non-hydrogen) atoms. The predicted octanol–water partition coefficient (Wildman–Crippen LogP) is -0.766. The molecule has 3 aromatic heterocycles. The number of pyridine rings is 1. The van der Waals surface area contributed by atoms with Gasteiger partial charge in [0, 0.05) is 27.3 Å². The van der Waals surface area contributed by atoms with Crippen molar-refractivity contribution in [2.45, 2.75) is 13.5 Å². The molecular formula is C18H21N7O4. The van der Waals surface area contributed by atoms with E-state index in [9.17, 15) is 19.2 Å². The number of likely N-dealkylation sites (N-methyl/N-ethyl adjacent to an activating group) is 1. The van der Waals surface area contributed by atoms with E-state index in [0.717, 1.165) is 15.0 Å². The zero-order valence-corrected chi connectivity index (χ0v) is 16.5. The third-order valence-corrected chi connectivity index (χ3v) is 4.48. The van der Waals surface area contributed by atoms with Gasteiger partial charge in [-0.05, 0) is 24.6 Å². The quantitative estimate of drug-likeness (QED) is 0.601. The van der Waals surface area contributed by atoms with Gasteiger partial charge in [-0.15, -0.1) is 0 Å². The summed E-state index contributed by atoms with van der Waals surface area (Å²) in [5, 5.41) is 2.60. The number of rotatable bonds is 5. The maximum Gasteiger partial charge on any atom is 0.332 e. The Morgan fingerprint density at radius 2 is 1.93 bits per heavy atom. The van der Waals surface area contributed by atoms with Crippen LogP contribution in [0.5, 0.6) is 0 Å². The average molecular weight is 399 g/mol. The molecule has 0 spiro atoms. The van der Waals surface area contributed by atoms with Crippen LogP contribution < -0.4 is 16.6 Å².